The monoisotopic (exact) mass is 441 g/mol. The maximum atomic E-state index is 13.3. The summed E-state index contributed by atoms with van der Waals surface area (Å²) >= 11 is 5.88. The van der Waals surface area contributed by atoms with Gasteiger partial charge in [0.2, 0.25) is 0 Å². The number of amides is 1. The summed E-state index contributed by atoms with van der Waals surface area (Å²) in [5.74, 6) is -1.40. The Morgan fingerprint density at radius 3 is 2.58 bits per heavy atom. The van der Waals surface area contributed by atoms with Crippen molar-refractivity contribution in [3.8, 4) is 5.69 Å². The number of carbonyl (C=O) groups excluding carboxylic acids is 2. The zero-order valence-corrected chi connectivity index (χ0v) is 17.7. The molecule has 1 atom stereocenters. The summed E-state index contributed by atoms with van der Waals surface area (Å²) in [7, 11) is 0. The minimum absolute atomic E-state index is 0.204. The van der Waals surface area contributed by atoms with E-state index in [2.05, 4.69) is 10.4 Å². The molecule has 6 nitrogen and oxygen atoms in total. The van der Waals surface area contributed by atoms with Crippen molar-refractivity contribution in [3.05, 3.63) is 81.9 Å². The number of esters is 1. The molecule has 1 aromatic heterocycles. The number of ether oxygens (including phenoxy) is 1. The normalized spacial score (nSPS) is 13.5. The van der Waals surface area contributed by atoms with Crippen LogP contribution < -0.4 is 5.32 Å². The summed E-state index contributed by atoms with van der Waals surface area (Å²) in [5.41, 5.74) is 3.51. The highest BCUT2D eigenvalue weighted by atomic mass is 35.5. The molecule has 1 aliphatic carbocycles. The molecule has 160 valence electrons. The summed E-state index contributed by atoms with van der Waals surface area (Å²) in [5, 5.41) is 7.81. The van der Waals surface area contributed by atoms with Crippen molar-refractivity contribution in [1.82, 2.24) is 15.1 Å². The summed E-state index contributed by atoms with van der Waals surface area (Å²) in [6.45, 7) is 1.43. The summed E-state index contributed by atoms with van der Waals surface area (Å²) in [6, 6.07) is 12.8. The molecule has 0 spiro atoms. The van der Waals surface area contributed by atoms with Gasteiger partial charge >= 0.3 is 5.97 Å². The number of hydrogen-bond acceptors (Lipinski definition) is 4. The van der Waals surface area contributed by atoms with Crippen molar-refractivity contribution in [2.45, 2.75) is 32.2 Å². The third-order valence-corrected chi connectivity index (χ3v) is 5.53. The van der Waals surface area contributed by atoms with Crippen LogP contribution >= 0.6 is 11.6 Å². The van der Waals surface area contributed by atoms with E-state index in [1.54, 1.807) is 28.9 Å². The third kappa shape index (κ3) is 4.61. The zero-order chi connectivity index (χ0) is 22.0. The predicted octanol–water partition coefficient (Wildman–Crippen LogP) is 4.19. The van der Waals surface area contributed by atoms with Gasteiger partial charge in [-0.25, -0.2) is 13.9 Å². The van der Waals surface area contributed by atoms with Crippen LogP contribution in [0.3, 0.4) is 0 Å². The molecule has 8 heteroatoms. The van der Waals surface area contributed by atoms with Crippen molar-refractivity contribution in [2.75, 3.05) is 6.61 Å². The Kier molecular flexibility index (Phi) is 6.04. The van der Waals surface area contributed by atoms with Crippen LogP contribution in [-0.2, 0) is 22.4 Å². The van der Waals surface area contributed by atoms with E-state index in [-0.39, 0.29) is 17.6 Å². The number of nitrogens with one attached hydrogen (secondary N) is 1. The lowest BCUT2D eigenvalue weighted by Crippen LogP contribution is -2.31. The van der Waals surface area contributed by atoms with Crippen LogP contribution in [0.5, 0.6) is 0 Å². The first-order valence-electron chi connectivity index (χ1n) is 10.0. The average Bonchev–Trinajstić information content (AvgIpc) is 3.36. The summed E-state index contributed by atoms with van der Waals surface area (Å²) in [6.07, 6.45) is 2.38. The Morgan fingerprint density at radius 2 is 1.87 bits per heavy atom. The van der Waals surface area contributed by atoms with E-state index in [9.17, 15) is 14.0 Å². The number of aromatic nitrogens is 2. The van der Waals surface area contributed by atoms with Gasteiger partial charge in [0.05, 0.1) is 11.7 Å². The first-order chi connectivity index (χ1) is 14.9. The molecule has 0 bridgehead atoms. The number of nitrogens with zero attached hydrogens (tertiary/aromatic N) is 2. The molecule has 1 amide bonds. The van der Waals surface area contributed by atoms with Gasteiger partial charge in [-0.1, -0.05) is 23.7 Å². The second kappa shape index (κ2) is 8.89. The SMILES string of the molecule is CC(NC(=O)COC(=O)c1nn(-c2ccc(F)cc2)c2c1CCC2)c1ccc(Cl)cc1. The van der Waals surface area contributed by atoms with E-state index < -0.39 is 18.5 Å². The first kappa shape index (κ1) is 21.1. The van der Waals surface area contributed by atoms with Crippen LogP contribution in [-0.4, -0.2) is 28.3 Å². The quantitative estimate of drug-likeness (QED) is 0.582. The Labute approximate surface area is 184 Å². The number of benzene rings is 2. The first-order valence-corrected chi connectivity index (χ1v) is 10.4. The van der Waals surface area contributed by atoms with Crippen molar-refractivity contribution >= 4 is 23.5 Å². The van der Waals surface area contributed by atoms with Crippen LogP contribution in [0, 0.1) is 5.82 Å². The van der Waals surface area contributed by atoms with Gasteiger partial charge in [-0.15, -0.1) is 0 Å². The lowest BCUT2D eigenvalue weighted by molar-refractivity contribution is -0.124. The highest BCUT2D eigenvalue weighted by Crippen LogP contribution is 2.28. The van der Waals surface area contributed by atoms with Gasteiger partial charge in [0.25, 0.3) is 5.91 Å². The van der Waals surface area contributed by atoms with E-state index in [0.29, 0.717) is 17.1 Å². The maximum absolute atomic E-state index is 13.3. The fraction of sp³-hybridized carbons (Fsp3) is 0.261. The fourth-order valence-corrected chi connectivity index (χ4v) is 3.84. The molecule has 0 saturated heterocycles. The fourth-order valence-electron chi connectivity index (χ4n) is 3.71. The van der Waals surface area contributed by atoms with Gasteiger partial charge in [-0.2, -0.15) is 5.10 Å². The molecule has 4 rings (SSSR count). The predicted molar refractivity (Wildman–Crippen MR) is 114 cm³/mol. The largest absolute Gasteiger partial charge is 0.451 e. The molecule has 1 unspecified atom stereocenters. The van der Waals surface area contributed by atoms with Gasteiger partial charge < -0.3 is 10.1 Å². The van der Waals surface area contributed by atoms with Crippen molar-refractivity contribution in [2.24, 2.45) is 0 Å². The topological polar surface area (TPSA) is 73.2 Å². The highest BCUT2D eigenvalue weighted by Gasteiger charge is 2.28. The van der Waals surface area contributed by atoms with E-state index >= 15 is 0 Å². The molecule has 1 N–H and O–H groups in total. The van der Waals surface area contributed by atoms with Crippen LogP contribution in [0.1, 0.15) is 46.7 Å². The molecule has 1 heterocycles. The molecule has 31 heavy (non-hydrogen) atoms. The van der Waals surface area contributed by atoms with Crippen LogP contribution in [0.25, 0.3) is 5.69 Å². The number of carbonyl (C=O) groups is 2. The Hall–Kier alpha value is -3.19. The maximum Gasteiger partial charge on any atom is 0.359 e. The lowest BCUT2D eigenvalue weighted by atomic mass is 10.1. The van der Waals surface area contributed by atoms with E-state index in [1.165, 1.54) is 12.1 Å². The second-order valence-corrected chi connectivity index (χ2v) is 7.87. The smallest absolute Gasteiger partial charge is 0.359 e. The molecule has 0 saturated carbocycles. The minimum Gasteiger partial charge on any atom is -0.451 e. The second-order valence-electron chi connectivity index (χ2n) is 7.43. The van der Waals surface area contributed by atoms with Gasteiger partial charge in [0.1, 0.15) is 5.82 Å². The van der Waals surface area contributed by atoms with Crippen LogP contribution in [0.4, 0.5) is 4.39 Å². The minimum atomic E-state index is -0.645. The van der Waals surface area contributed by atoms with Gasteiger partial charge in [-0.05, 0) is 68.1 Å². The summed E-state index contributed by atoms with van der Waals surface area (Å²) in [4.78, 5) is 24.9. The average molecular weight is 442 g/mol. The molecule has 1 aliphatic rings. The van der Waals surface area contributed by atoms with E-state index in [0.717, 1.165) is 29.7 Å². The summed E-state index contributed by atoms with van der Waals surface area (Å²) < 4.78 is 20.1. The third-order valence-electron chi connectivity index (χ3n) is 5.28. The Bertz CT molecular complexity index is 1110. The highest BCUT2D eigenvalue weighted by molar-refractivity contribution is 6.30. The number of hydrogen-bond donors (Lipinski definition) is 1. The molecule has 0 fully saturated rings. The Morgan fingerprint density at radius 1 is 1.16 bits per heavy atom. The molecule has 3 aromatic rings. The van der Waals surface area contributed by atoms with Crippen molar-refractivity contribution in [3.63, 3.8) is 0 Å². The number of rotatable bonds is 6. The van der Waals surface area contributed by atoms with Gasteiger partial charge in [-0.3, -0.25) is 4.79 Å². The standard InChI is InChI=1S/C23H21ClFN3O3/c1-14(15-5-7-16(24)8-6-15)26-21(29)13-31-23(30)22-19-3-2-4-20(19)28(27-22)18-11-9-17(25)10-12-18/h5-12,14H,2-4,13H2,1H3,(H,26,29). The molecule has 2 aromatic carbocycles. The van der Waals surface area contributed by atoms with E-state index in [4.69, 9.17) is 16.3 Å². The van der Waals surface area contributed by atoms with Gasteiger partial charge in [0.15, 0.2) is 12.3 Å². The Balaban J connectivity index is 1.42. The number of halogens is 2. The van der Waals surface area contributed by atoms with Crippen molar-refractivity contribution < 1.29 is 18.7 Å². The molecule has 0 radical (unpaired) electrons. The lowest BCUT2D eigenvalue weighted by Gasteiger charge is -2.14. The van der Waals surface area contributed by atoms with Crippen LogP contribution in [0.15, 0.2) is 48.5 Å². The van der Waals surface area contributed by atoms with Gasteiger partial charge in [0, 0.05) is 16.3 Å². The molecule has 0 aliphatic heterocycles. The van der Waals surface area contributed by atoms with Crippen molar-refractivity contribution in [1.29, 1.82) is 0 Å². The van der Waals surface area contributed by atoms with Crippen LogP contribution in [0.2, 0.25) is 5.02 Å². The molecular formula is C23H21ClFN3O3. The van der Waals surface area contributed by atoms with E-state index in [1.807, 2.05) is 19.1 Å². The number of fused-ring (bicyclic) bond motifs is 1. The molecular weight excluding hydrogens is 421 g/mol. The zero-order valence-electron chi connectivity index (χ0n) is 16.9.